The van der Waals surface area contributed by atoms with Gasteiger partial charge in [0.05, 0.1) is 0 Å². The van der Waals surface area contributed by atoms with Gasteiger partial charge in [-0.1, -0.05) is 5.57 Å². The minimum Gasteiger partial charge on any atom is -0.359 e. The molecular weight excluding hydrogens is 216 g/mol. The molecule has 0 aromatic carbocycles. The number of hydrogen-bond donors (Lipinski definition) is 2. The maximum atomic E-state index is 11.5. The third-order valence-corrected chi connectivity index (χ3v) is 2.97. The van der Waals surface area contributed by atoms with Crippen molar-refractivity contribution < 1.29 is 9.59 Å². The fraction of sp³-hybridized carbons (Fsp3) is 0.692. The van der Waals surface area contributed by atoms with Gasteiger partial charge in [-0.2, -0.15) is 0 Å². The van der Waals surface area contributed by atoms with Crippen LogP contribution in [0.4, 0.5) is 0 Å². The molecule has 0 aromatic rings. The van der Waals surface area contributed by atoms with Crippen LogP contribution in [-0.4, -0.2) is 24.9 Å². The molecule has 1 rings (SSSR count). The highest BCUT2D eigenvalue weighted by molar-refractivity contribution is 5.88. The second-order valence-corrected chi connectivity index (χ2v) is 5.08. The number of allylic oxidation sites excluding steroid dienone is 1. The molecule has 96 valence electrons. The second-order valence-electron chi connectivity index (χ2n) is 5.08. The first-order valence-electron chi connectivity index (χ1n) is 6.11. The minimum absolute atomic E-state index is 0.0466. The molecule has 0 saturated heterocycles. The summed E-state index contributed by atoms with van der Waals surface area (Å²) in [5, 5.41) is 5.57. The van der Waals surface area contributed by atoms with Crippen LogP contribution in [0.25, 0.3) is 0 Å². The lowest BCUT2D eigenvalue weighted by Gasteiger charge is -2.12. The lowest BCUT2D eigenvalue weighted by atomic mass is 10.1. The smallest absolute Gasteiger partial charge is 0.244 e. The monoisotopic (exact) mass is 238 g/mol. The van der Waals surface area contributed by atoms with Crippen molar-refractivity contribution in [3.8, 4) is 0 Å². The molecule has 2 N–H and O–H groups in total. The van der Waals surface area contributed by atoms with Crippen LogP contribution in [0.3, 0.4) is 0 Å². The number of nitrogens with one attached hydrogen (secondary N) is 2. The normalized spacial score (nSPS) is 23.5. The molecule has 0 aliphatic heterocycles. The Labute approximate surface area is 103 Å². The van der Waals surface area contributed by atoms with Crippen LogP contribution in [0.2, 0.25) is 0 Å². The van der Waals surface area contributed by atoms with Gasteiger partial charge in [-0.3, -0.25) is 9.59 Å². The van der Waals surface area contributed by atoms with Crippen molar-refractivity contribution >= 4 is 11.8 Å². The zero-order chi connectivity index (χ0) is 13.0. The first-order chi connectivity index (χ1) is 7.93. The summed E-state index contributed by atoms with van der Waals surface area (Å²) in [5.41, 5.74) is 0.990. The summed E-state index contributed by atoms with van der Waals surface area (Å²) in [7, 11) is 1.66. The fourth-order valence-electron chi connectivity index (χ4n) is 2.07. The summed E-state index contributed by atoms with van der Waals surface area (Å²) in [5.74, 6) is 0.659. The third kappa shape index (κ3) is 4.59. The first-order valence-corrected chi connectivity index (χ1v) is 6.11. The fourth-order valence-corrected chi connectivity index (χ4v) is 2.07. The molecule has 1 aliphatic carbocycles. The molecule has 1 saturated carbocycles. The Morgan fingerprint density at radius 3 is 2.59 bits per heavy atom. The standard InChI is InChI=1S/C13H22N2O2/c1-8(2)5-12(16)15-9(3)6-10-7-11(10)13(17)14-4/h5,9-11H,6-7H2,1-4H3,(H,14,17)(H,15,16). The van der Waals surface area contributed by atoms with E-state index in [1.165, 1.54) is 0 Å². The van der Waals surface area contributed by atoms with E-state index in [2.05, 4.69) is 10.6 Å². The van der Waals surface area contributed by atoms with E-state index in [0.29, 0.717) is 5.92 Å². The topological polar surface area (TPSA) is 58.2 Å². The lowest BCUT2D eigenvalue weighted by molar-refractivity contribution is -0.122. The molecular formula is C13H22N2O2. The van der Waals surface area contributed by atoms with Gasteiger partial charge in [0.2, 0.25) is 11.8 Å². The molecule has 1 aliphatic rings. The molecule has 1 fully saturated rings. The molecule has 0 heterocycles. The van der Waals surface area contributed by atoms with Crippen molar-refractivity contribution in [2.75, 3.05) is 7.05 Å². The summed E-state index contributed by atoms with van der Waals surface area (Å²) in [4.78, 5) is 22.8. The predicted octanol–water partition coefficient (Wildman–Crippen LogP) is 1.23. The summed E-state index contributed by atoms with van der Waals surface area (Å²) < 4.78 is 0. The molecule has 3 atom stereocenters. The van der Waals surface area contributed by atoms with Crippen molar-refractivity contribution in [2.24, 2.45) is 11.8 Å². The summed E-state index contributed by atoms with van der Waals surface area (Å²) in [6, 6.07) is 0.123. The molecule has 0 radical (unpaired) electrons. The molecule has 0 aromatic heterocycles. The Morgan fingerprint density at radius 2 is 2.06 bits per heavy atom. The molecule has 3 unspecified atom stereocenters. The van der Waals surface area contributed by atoms with Crippen LogP contribution >= 0.6 is 0 Å². The number of hydrogen-bond acceptors (Lipinski definition) is 2. The Kier molecular flexibility index (Phi) is 4.73. The zero-order valence-corrected chi connectivity index (χ0v) is 11.0. The Hall–Kier alpha value is -1.32. The van der Waals surface area contributed by atoms with E-state index in [0.717, 1.165) is 18.4 Å². The van der Waals surface area contributed by atoms with E-state index in [-0.39, 0.29) is 23.8 Å². The van der Waals surface area contributed by atoms with Gasteiger partial charge in [0.15, 0.2) is 0 Å². The number of rotatable bonds is 5. The van der Waals surface area contributed by atoms with Crippen molar-refractivity contribution in [1.29, 1.82) is 0 Å². The van der Waals surface area contributed by atoms with Gasteiger partial charge in [-0.25, -0.2) is 0 Å². The Bertz CT molecular complexity index is 332. The highest BCUT2D eigenvalue weighted by atomic mass is 16.2. The largest absolute Gasteiger partial charge is 0.359 e. The molecule has 2 amide bonds. The van der Waals surface area contributed by atoms with E-state index in [1.807, 2.05) is 20.8 Å². The average molecular weight is 238 g/mol. The van der Waals surface area contributed by atoms with Crippen LogP contribution in [0.1, 0.15) is 33.6 Å². The van der Waals surface area contributed by atoms with E-state index >= 15 is 0 Å². The summed E-state index contributed by atoms with van der Waals surface area (Å²) in [6.45, 7) is 5.77. The van der Waals surface area contributed by atoms with Gasteiger partial charge in [-0.15, -0.1) is 0 Å². The number of carbonyl (C=O) groups excluding carboxylic acids is 2. The maximum absolute atomic E-state index is 11.5. The van der Waals surface area contributed by atoms with Gasteiger partial charge >= 0.3 is 0 Å². The molecule has 17 heavy (non-hydrogen) atoms. The third-order valence-electron chi connectivity index (χ3n) is 2.97. The van der Waals surface area contributed by atoms with Crippen LogP contribution in [-0.2, 0) is 9.59 Å². The van der Waals surface area contributed by atoms with Gasteiger partial charge in [-0.05, 0) is 39.5 Å². The van der Waals surface area contributed by atoms with E-state index in [9.17, 15) is 9.59 Å². The molecule has 4 nitrogen and oxygen atoms in total. The van der Waals surface area contributed by atoms with E-state index in [4.69, 9.17) is 0 Å². The zero-order valence-electron chi connectivity index (χ0n) is 11.0. The SMILES string of the molecule is CNC(=O)C1CC1CC(C)NC(=O)C=C(C)C. The van der Waals surface area contributed by atoms with Crippen molar-refractivity contribution in [1.82, 2.24) is 10.6 Å². The highest BCUT2D eigenvalue weighted by Gasteiger charge is 2.42. The second kappa shape index (κ2) is 5.84. The van der Waals surface area contributed by atoms with Crippen LogP contribution < -0.4 is 10.6 Å². The summed E-state index contributed by atoms with van der Waals surface area (Å²) in [6.07, 6.45) is 3.42. The maximum Gasteiger partial charge on any atom is 0.244 e. The molecule has 0 spiro atoms. The lowest BCUT2D eigenvalue weighted by Crippen LogP contribution is -2.32. The highest BCUT2D eigenvalue weighted by Crippen LogP contribution is 2.41. The first kappa shape index (κ1) is 13.7. The van der Waals surface area contributed by atoms with Gasteiger partial charge in [0.1, 0.15) is 0 Å². The quantitative estimate of drug-likeness (QED) is 0.708. The van der Waals surface area contributed by atoms with Crippen LogP contribution in [0.15, 0.2) is 11.6 Å². The van der Waals surface area contributed by atoms with E-state index in [1.54, 1.807) is 13.1 Å². The summed E-state index contributed by atoms with van der Waals surface area (Å²) >= 11 is 0. The number of carbonyl (C=O) groups is 2. The van der Waals surface area contributed by atoms with Gasteiger partial charge < -0.3 is 10.6 Å². The molecule has 0 bridgehead atoms. The van der Waals surface area contributed by atoms with Crippen molar-refractivity contribution in [3.63, 3.8) is 0 Å². The number of amides is 2. The van der Waals surface area contributed by atoms with Crippen LogP contribution in [0.5, 0.6) is 0 Å². The predicted molar refractivity (Wildman–Crippen MR) is 67.3 cm³/mol. The van der Waals surface area contributed by atoms with Gasteiger partial charge in [0.25, 0.3) is 0 Å². The average Bonchev–Trinajstić information content (AvgIpc) is 2.94. The Balaban J connectivity index is 2.28. The van der Waals surface area contributed by atoms with Gasteiger partial charge in [0, 0.05) is 25.1 Å². The Morgan fingerprint density at radius 1 is 1.41 bits per heavy atom. The van der Waals surface area contributed by atoms with Crippen molar-refractivity contribution in [2.45, 2.75) is 39.7 Å². The minimum atomic E-state index is -0.0466. The van der Waals surface area contributed by atoms with Crippen LogP contribution in [0, 0.1) is 11.8 Å². The molecule has 4 heteroatoms. The van der Waals surface area contributed by atoms with Crippen molar-refractivity contribution in [3.05, 3.63) is 11.6 Å². The van der Waals surface area contributed by atoms with E-state index < -0.39 is 0 Å².